The molecule has 3 rings (SSSR count). The van der Waals surface area contributed by atoms with Gasteiger partial charge >= 0.3 is 0 Å². The molecule has 0 bridgehead atoms. The van der Waals surface area contributed by atoms with Crippen LogP contribution in [0.2, 0.25) is 10.0 Å². The number of nitrogens with zero attached hydrogens (tertiary/aromatic N) is 1. The van der Waals surface area contributed by atoms with Crippen molar-refractivity contribution in [3.63, 3.8) is 0 Å². The van der Waals surface area contributed by atoms with Crippen LogP contribution in [0.4, 0.5) is 0 Å². The molecule has 0 aliphatic carbocycles. The maximum absolute atomic E-state index is 13.1. The lowest BCUT2D eigenvalue weighted by molar-refractivity contribution is -0.139. The maximum Gasteiger partial charge on any atom is 0.295 e. The summed E-state index contributed by atoms with van der Waals surface area (Å²) < 4.78 is 10.6. The largest absolute Gasteiger partial charge is 0.507 e. The Kier molecular flexibility index (Phi) is 7.76. The van der Waals surface area contributed by atoms with Crippen LogP contribution < -0.4 is 9.47 Å². The van der Waals surface area contributed by atoms with Crippen LogP contribution in [-0.4, -0.2) is 47.1 Å². The normalized spacial score (nSPS) is 17.5. The lowest BCUT2D eigenvalue weighted by Gasteiger charge is -2.25. The Balaban J connectivity index is 2.22. The van der Waals surface area contributed by atoms with E-state index in [4.69, 9.17) is 32.7 Å². The first kappa shape index (κ1) is 24.7. The fourth-order valence-electron chi connectivity index (χ4n) is 3.80. The van der Waals surface area contributed by atoms with E-state index in [0.29, 0.717) is 25.1 Å². The first-order valence-electron chi connectivity index (χ1n) is 10.5. The number of ether oxygens (including phenoxy) is 2. The van der Waals surface area contributed by atoms with Crippen molar-refractivity contribution in [2.45, 2.75) is 32.7 Å². The summed E-state index contributed by atoms with van der Waals surface area (Å²) in [6.07, 6.45) is 1.47. The van der Waals surface area contributed by atoms with Gasteiger partial charge in [0.15, 0.2) is 17.2 Å². The highest BCUT2D eigenvalue weighted by Crippen LogP contribution is 2.43. The number of methoxy groups -OCH3 is 1. The third-order valence-electron chi connectivity index (χ3n) is 5.37. The van der Waals surface area contributed by atoms with Gasteiger partial charge in [-0.3, -0.25) is 9.59 Å². The van der Waals surface area contributed by atoms with Gasteiger partial charge in [0, 0.05) is 12.1 Å². The highest BCUT2D eigenvalue weighted by molar-refractivity contribution is 6.46. The lowest BCUT2D eigenvalue weighted by atomic mass is 9.95. The van der Waals surface area contributed by atoms with Crippen molar-refractivity contribution in [3.8, 4) is 17.2 Å². The van der Waals surface area contributed by atoms with Gasteiger partial charge in [-0.15, -0.1) is 0 Å². The van der Waals surface area contributed by atoms with E-state index >= 15 is 0 Å². The van der Waals surface area contributed by atoms with Gasteiger partial charge in [0.25, 0.3) is 11.7 Å². The predicted molar refractivity (Wildman–Crippen MR) is 126 cm³/mol. The Hall–Kier alpha value is -2.90. The number of hydrogen-bond donors (Lipinski definition) is 2. The monoisotopic (exact) mass is 493 g/mol. The molecule has 33 heavy (non-hydrogen) atoms. The fourth-order valence-corrected chi connectivity index (χ4v) is 4.45. The molecule has 1 saturated heterocycles. The molecule has 0 radical (unpaired) electrons. The number of phenols is 1. The van der Waals surface area contributed by atoms with Crippen LogP contribution in [0.5, 0.6) is 17.2 Å². The van der Waals surface area contributed by atoms with Crippen molar-refractivity contribution in [1.82, 2.24) is 4.90 Å². The molecule has 1 fully saturated rings. The third kappa shape index (κ3) is 4.75. The second-order valence-corrected chi connectivity index (χ2v) is 8.29. The molecule has 1 aliphatic heterocycles. The van der Waals surface area contributed by atoms with Crippen molar-refractivity contribution in [3.05, 3.63) is 57.1 Å². The molecule has 1 unspecified atom stereocenters. The van der Waals surface area contributed by atoms with Gasteiger partial charge in [-0.2, -0.15) is 0 Å². The summed E-state index contributed by atoms with van der Waals surface area (Å²) >= 11 is 12.4. The predicted octanol–water partition coefficient (Wildman–Crippen LogP) is 5.33. The molecule has 176 valence electrons. The molecule has 2 N–H and O–H groups in total. The zero-order valence-electron chi connectivity index (χ0n) is 18.5. The fraction of sp³-hybridized carbons (Fsp3) is 0.333. The Bertz CT molecular complexity index is 1090. The molecule has 1 amide bonds. The maximum atomic E-state index is 13.1. The van der Waals surface area contributed by atoms with Crippen LogP contribution in [-0.2, 0) is 9.59 Å². The minimum absolute atomic E-state index is 0.0696. The van der Waals surface area contributed by atoms with Crippen LogP contribution in [0.25, 0.3) is 5.76 Å². The minimum atomic E-state index is -0.879. The summed E-state index contributed by atoms with van der Waals surface area (Å²) in [7, 11) is 1.41. The van der Waals surface area contributed by atoms with Gasteiger partial charge in [0.05, 0.1) is 35.4 Å². The molecule has 0 saturated carbocycles. The highest BCUT2D eigenvalue weighted by Gasteiger charge is 2.46. The van der Waals surface area contributed by atoms with Crippen LogP contribution in [0.3, 0.4) is 0 Å². The molecule has 1 aliphatic rings. The van der Waals surface area contributed by atoms with Crippen molar-refractivity contribution < 1.29 is 29.3 Å². The van der Waals surface area contributed by atoms with Crippen molar-refractivity contribution in [1.29, 1.82) is 0 Å². The number of Topliss-reactive ketones (excluding diaryl/α,β-unsaturated/α-hetero) is 1. The van der Waals surface area contributed by atoms with Gasteiger partial charge in [-0.05, 0) is 43.2 Å². The standard InChI is InChI=1S/C24H25Cl2NO6/c1-4-6-9-27-20(13-7-8-17(28)18(12-13)33-5-2)19(22(30)24(27)31)21(29)14-10-15(25)23(32-3)16(26)11-14/h7-8,10-12,20,28-29H,4-6,9H2,1-3H3/b21-19+. The summed E-state index contributed by atoms with van der Waals surface area (Å²) in [5, 5.41) is 21.6. The number of carbonyl (C=O) groups excluding carboxylic acids is 2. The number of likely N-dealkylation sites (tertiary alicyclic amines) is 1. The molecule has 9 heteroatoms. The molecule has 0 spiro atoms. The average Bonchev–Trinajstić information content (AvgIpc) is 3.03. The molecule has 7 nitrogen and oxygen atoms in total. The number of amides is 1. The van der Waals surface area contributed by atoms with Crippen molar-refractivity contribution >= 4 is 40.7 Å². The first-order valence-corrected chi connectivity index (χ1v) is 11.3. The van der Waals surface area contributed by atoms with E-state index in [0.717, 1.165) is 6.42 Å². The second-order valence-electron chi connectivity index (χ2n) is 7.48. The highest BCUT2D eigenvalue weighted by atomic mass is 35.5. The zero-order chi connectivity index (χ0) is 24.3. The number of benzene rings is 2. The SMILES string of the molecule is CCCCN1C(=O)C(=O)/C(=C(/O)c2cc(Cl)c(OC)c(Cl)c2)C1c1ccc(O)c(OCC)c1. The number of phenolic OH excluding ortho intramolecular Hbond substituents is 1. The number of aliphatic hydroxyl groups is 1. The summed E-state index contributed by atoms with van der Waals surface area (Å²) in [5.41, 5.74) is 0.591. The molecule has 0 aromatic heterocycles. The van der Waals surface area contributed by atoms with Crippen LogP contribution in [0.1, 0.15) is 43.9 Å². The van der Waals surface area contributed by atoms with E-state index in [2.05, 4.69) is 0 Å². The molecule has 2 aromatic rings. The summed E-state index contributed by atoms with van der Waals surface area (Å²) in [5.74, 6) is -1.56. The van der Waals surface area contributed by atoms with Crippen LogP contribution in [0, 0.1) is 0 Å². The van der Waals surface area contributed by atoms with E-state index in [-0.39, 0.29) is 38.4 Å². The Morgan fingerprint density at radius 3 is 2.36 bits per heavy atom. The summed E-state index contributed by atoms with van der Waals surface area (Å²) in [4.78, 5) is 27.4. The van der Waals surface area contributed by atoms with E-state index in [1.165, 1.54) is 30.2 Å². The number of carbonyl (C=O) groups is 2. The van der Waals surface area contributed by atoms with Crippen molar-refractivity contribution in [2.24, 2.45) is 0 Å². The number of aliphatic hydroxyl groups excluding tert-OH is 1. The number of aromatic hydroxyl groups is 1. The van der Waals surface area contributed by atoms with E-state index in [9.17, 15) is 19.8 Å². The molecule has 1 atom stereocenters. The molecular formula is C24H25Cl2NO6. The zero-order valence-corrected chi connectivity index (χ0v) is 20.0. The van der Waals surface area contributed by atoms with Gasteiger partial charge < -0.3 is 24.6 Å². The topological polar surface area (TPSA) is 96.3 Å². The third-order valence-corrected chi connectivity index (χ3v) is 5.93. The van der Waals surface area contributed by atoms with Gasteiger partial charge in [0.1, 0.15) is 5.76 Å². The molecule has 1 heterocycles. The Morgan fingerprint density at radius 1 is 1.12 bits per heavy atom. The minimum Gasteiger partial charge on any atom is -0.507 e. The van der Waals surface area contributed by atoms with Gasteiger partial charge in [-0.1, -0.05) is 42.6 Å². The number of halogens is 2. The van der Waals surface area contributed by atoms with Crippen LogP contribution in [0.15, 0.2) is 35.9 Å². The average molecular weight is 494 g/mol. The van der Waals surface area contributed by atoms with Crippen LogP contribution >= 0.6 is 23.2 Å². The molecule has 2 aromatic carbocycles. The summed E-state index contributed by atoms with van der Waals surface area (Å²) in [6.45, 7) is 4.38. The second kappa shape index (κ2) is 10.4. The number of rotatable bonds is 8. The molecular weight excluding hydrogens is 469 g/mol. The number of hydrogen-bond acceptors (Lipinski definition) is 6. The Morgan fingerprint density at radius 2 is 1.79 bits per heavy atom. The van der Waals surface area contributed by atoms with Gasteiger partial charge in [-0.25, -0.2) is 0 Å². The van der Waals surface area contributed by atoms with E-state index in [1.807, 2.05) is 6.92 Å². The van der Waals surface area contributed by atoms with E-state index < -0.39 is 23.5 Å². The summed E-state index contributed by atoms with van der Waals surface area (Å²) in [6, 6.07) is 6.54. The lowest BCUT2D eigenvalue weighted by Crippen LogP contribution is -2.30. The Labute approximate surface area is 202 Å². The quantitative estimate of drug-likeness (QED) is 0.293. The van der Waals surface area contributed by atoms with Gasteiger partial charge in [0.2, 0.25) is 0 Å². The van der Waals surface area contributed by atoms with E-state index in [1.54, 1.807) is 19.1 Å². The van der Waals surface area contributed by atoms with Crippen molar-refractivity contribution in [2.75, 3.05) is 20.3 Å². The smallest absolute Gasteiger partial charge is 0.295 e. The number of unbranched alkanes of at least 4 members (excludes halogenated alkanes) is 1. The number of ketones is 1. The first-order chi connectivity index (χ1) is 15.7.